The molecule has 2 aliphatic carbocycles. The summed E-state index contributed by atoms with van der Waals surface area (Å²) in [5.74, 6) is -0.293. The predicted octanol–water partition coefficient (Wildman–Crippen LogP) is 2.54. The highest BCUT2D eigenvalue weighted by molar-refractivity contribution is 5.10. The highest BCUT2D eigenvalue weighted by Gasteiger charge is 2.53. The molecular formula is C15H26F2N2. The molecule has 0 amide bonds. The van der Waals surface area contributed by atoms with E-state index < -0.39 is 18.3 Å². The van der Waals surface area contributed by atoms with Crippen LogP contribution in [0.1, 0.15) is 39.5 Å². The molecule has 4 heteroatoms. The molecule has 3 rings (SSSR count). The molecule has 3 fully saturated rings. The third kappa shape index (κ3) is 2.42. The maximum atomic E-state index is 14.3. The number of nitrogens with zero attached hydrogens (tertiary/aromatic N) is 1. The van der Waals surface area contributed by atoms with Crippen molar-refractivity contribution >= 4 is 0 Å². The molecule has 1 heterocycles. The lowest BCUT2D eigenvalue weighted by Crippen LogP contribution is -2.59. The number of piperazine rings is 1. The van der Waals surface area contributed by atoms with Crippen molar-refractivity contribution < 1.29 is 8.78 Å². The minimum Gasteiger partial charge on any atom is -0.314 e. The van der Waals surface area contributed by atoms with Gasteiger partial charge in [-0.1, -0.05) is 13.8 Å². The van der Waals surface area contributed by atoms with E-state index in [-0.39, 0.29) is 17.5 Å². The van der Waals surface area contributed by atoms with Gasteiger partial charge in [-0.2, -0.15) is 0 Å². The minimum absolute atomic E-state index is 0.101. The van der Waals surface area contributed by atoms with Gasteiger partial charge in [-0.05, 0) is 31.6 Å². The van der Waals surface area contributed by atoms with Gasteiger partial charge in [0.05, 0.1) is 0 Å². The van der Waals surface area contributed by atoms with Gasteiger partial charge >= 0.3 is 0 Å². The summed E-state index contributed by atoms with van der Waals surface area (Å²) in [4.78, 5) is 2.43. The maximum Gasteiger partial charge on any atom is 0.107 e. The Labute approximate surface area is 114 Å². The smallest absolute Gasteiger partial charge is 0.107 e. The SMILES string of the molecule is CC(C)C1C(F)CC(N2CCNCC23CC3)CC1F. The monoisotopic (exact) mass is 272 g/mol. The third-order valence-corrected chi connectivity index (χ3v) is 5.46. The largest absolute Gasteiger partial charge is 0.314 e. The van der Waals surface area contributed by atoms with Crippen molar-refractivity contribution in [2.24, 2.45) is 11.8 Å². The van der Waals surface area contributed by atoms with Gasteiger partial charge in [0.25, 0.3) is 0 Å². The van der Waals surface area contributed by atoms with Crippen molar-refractivity contribution in [3.05, 3.63) is 0 Å². The van der Waals surface area contributed by atoms with Crippen LogP contribution in [-0.4, -0.2) is 48.5 Å². The van der Waals surface area contributed by atoms with Crippen molar-refractivity contribution in [3.8, 4) is 0 Å². The lowest BCUT2D eigenvalue weighted by molar-refractivity contribution is -0.0275. The first kappa shape index (κ1) is 13.7. The van der Waals surface area contributed by atoms with E-state index in [4.69, 9.17) is 0 Å². The molecule has 1 aliphatic heterocycles. The number of hydrogen-bond acceptors (Lipinski definition) is 2. The standard InChI is InChI=1S/C15H26F2N2/c1-10(2)14-12(16)7-11(8-13(14)17)19-6-5-18-9-15(19)3-4-15/h10-14,18H,3-9H2,1-2H3. The molecule has 3 aliphatic rings. The molecule has 1 spiro atoms. The van der Waals surface area contributed by atoms with Crippen LogP contribution in [0, 0.1) is 11.8 Å². The summed E-state index contributed by atoms with van der Waals surface area (Å²) in [6.07, 6.45) is 1.50. The van der Waals surface area contributed by atoms with Crippen molar-refractivity contribution in [1.82, 2.24) is 10.2 Å². The molecule has 2 atom stereocenters. The summed E-state index contributed by atoms with van der Waals surface area (Å²) < 4.78 is 28.7. The second-order valence-corrected chi connectivity index (χ2v) is 7.07. The molecule has 19 heavy (non-hydrogen) atoms. The van der Waals surface area contributed by atoms with Crippen LogP contribution in [0.5, 0.6) is 0 Å². The zero-order valence-corrected chi connectivity index (χ0v) is 12.0. The molecule has 0 bridgehead atoms. The Hall–Kier alpha value is -0.220. The van der Waals surface area contributed by atoms with Gasteiger partial charge in [0.15, 0.2) is 0 Å². The summed E-state index contributed by atoms with van der Waals surface area (Å²) in [6, 6.07) is 0.115. The average molecular weight is 272 g/mol. The molecule has 0 aromatic rings. The summed E-state index contributed by atoms with van der Waals surface area (Å²) in [5, 5.41) is 3.43. The summed E-state index contributed by atoms with van der Waals surface area (Å²) in [5.41, 5.74) is 0.243. The topological polar surface area (TPSA) is 15.3 Å². The summed E-state index contributed by atoms with van der Waals surface area (Å²) in [6.45, 7) is 6.80. The Morgan fingerprint density at radius 3 is 2.32 bits per heavy atom. The van der Waals surface area contributed by atoms with E-state index in [1.807, 2.05) is 13.8 Å². The van der Waals surface area contributed by atoms with Gasteiger partial charge in [-0.25, -0.2) is 8.78 Å². The number of rotatable bonds is 2. The van der Waals surface area contributed by atoms with E-state index in [0.29, 0.717) is 12.8 Å². The fourth-order valence-corrected chi connectivity index (χ4v) is 4.28. The lowest BCUT2D eigenvalue weighted by atomic mass is 9.76. The lowest BCUT2D eigenvalue weighted by Gasteiger charge is -2.47. The Balaban J connectivity index is 1.70. The highest BCUT2D eigenvalue weighted by Crippen LogP contribution is 2.47. The van der Waals surface area contributed by atoms with E-state index in [0.717, 1.165) is 19.6 Å². The second-order valence-electron chi connectivity index (χ2n) is 7.07. The van der Waals surface area contributed by atoms with Gasteiger partial charge < -0.3 is 5.32 Å². The normalized spacial score (nSPS) is 42.8. The van der Waals surface area contributed by atoms with E-state index in [9.17, 15) is 8.78 Å². The Morgan fingerprint density at radius 2 is 1.79 bits per heavy atom. The van der Waals surface area contributed by atoms with E-state index in [1.54, 1.807) is 0 Å². The van der Waals surface area contributed by atoms with Crippen LogP contribution in [-0.2, 0) is 0 Å². The number of alkyl halides is 2. The molecule has 110 valence electrons. The molecule has 0 radical (unpaired) electrons. The van der Waals surface area contributed by atoms with Crippen LogP contribution in [0.25, 0.3) is 0 Å². The van der Waals surface area contributed by atoms with Crippen molar-refractivity contribution in [3.63, 3.8) is 0 Å². The Bertz CT molecular complexity index is 318. The van der Waals surface area contributed by atoms with E-state index in [1.165, 1.54) is 12.8 Å². The molecule has 0 aromatic heterocycles. The van der Waals surface area contributed by atoms with Crippen molar-refractivity contribution in [2.75, 3.05) is 19.6 Å². The van der Waals surface area contributed by atoms with Crippen LogP contribution < -0.4 is 5.32 Å². The first-order chi connectivity index (χ1) is 9.03. The van der Waals surface area contributed by atoms with Crippen molar-refractivity contribution in [1.29, 1.82) is 0 Å². The minimum atomic E-state index is -0.973. The molecule has 2 nitrogen and oxygen atoms in total. The number of hydrogen-bond donors (Lipinski definition) is 1. The number of halogens is 2. The summed E-state index contributed by atoms with van der Waals surface area (Å²) in [7, 11) is 0. The first-order valence-electron chi connectivity index (χ1n) is 7.79. The average Bonchev–Trinajstić information content (AvgIpc) is 3.08. The summed E-state index contributed by atoms with van der Waals surface area (Å²) >= 11 is 0. The van der Waals surface area contributed by atoms with Crippen LogP contribution in [0.3, 0.4) is 0 Å². The molecule has 1 saturated heterocycles. The van der Waals surface area contributed by atoms with Crippen LogP contribution in [0.2, 0.25) is 0 Å². The van der Waals surface area contributed by atoms with Crippen LogP contribution >= 0.6 is 0 Å². The fraction of sp³-hybridized carbons (Fsp3) is 1.00. The zero-order valence-electron chi connectivity index (χ0n) is 12.0. The molecule has 2 unspecified atom stereocenters. The van der Waals surface area contributed by atoms with Gasteiger partial charge in [0.1, 0.15) is 12.3 Å². The van der Waals surface area contributed by atoms with Gasteiger partial charge in [0, 0.05) is 37.1 Å². The predicted molar refractivity (Wildman–Crippen MR) is 72.7 cm³/mol. The Kier molecular flexibility index (Phi) is 3.59. The van der Waals surface area contributed by atoms with Crippen LogP contribution in [0.15, 0.2) is 0 Å². The zero-order chi connectivity index (χ0) is 13.6. The van der Waals surface area contributed by atoms with E-state index in [2.05, 4.69) is 10.2 Å². The number of nitrogens with one attached hydrogen (secondary N) is 1. The van der Waals surface area contributed by atoms with Gasteiger partial charge in [0.2, 0.25) is 0 Å². The maximum absolute atomic E-state index is 14.3. The molecule has 1 N–H and O–H groups in total. The highest BCUT2D eigenvalue weighted by atomic mass is 19.1. The second kappa shape index (κ2) is 4.96. The van der Waals surface area contributed by atoms with Crippen molar-refractivity contribution in [2.45, 2.75) is 63.5 Å². The fourth-order valence-electron chi connectivity index (χ4n) is 4.28. The molecular weight excluding hydrogens is 246 g/mol. The van der Waals surface area contributed by atoms with Crippen LogP contribution in [0.4, 0.5) is 8.78 Å². The van der Waals surface area contributed by atoms with Gasteiger partial charge in [-0.15, -0.1) is 0 Å². The molecule has 0 aromatic carbocycles. The Morgan fingerprint density at radius 1 is 1.16 bits per heavy atom. The quantitative estimate of drug-likeness (QED) is 0.831. The third-order valence-electron chi connectivity index (χ3n) is 5.46. The first-order valence-corrected chi connectivity index (χ1v) is 7.79. The van der Waals surface area contributed by atoms with Gasteiger partial charge in [-0.3, -0.25) is 4.90 Å². The molecule has 2 saturated carbocycles. The van der Waals surface area contributed by atoms with E-state index >= 15 is 0 Å².